The summed E-state index contributed by atoms with van der Waals surface area (Å²) in [5.74, 6) is -0.00787. The Morgan fingerprint density at radius 3 is 2.78 bits per heavy atom. The van der Waals surface area contributed by atoms with Gasteiger partial charge in [-0.05, 0) is 24.6 Å². The fourth-order valence-corrected chi connectivity index (χ4v) is 2.23. The van der Waals surface area contributed by atoms with Gasteiger partial charge in [-0.2, -0.15) is 0 Å². The van der Waals surface area contributed by atoms with Gasteiger partial charge in [0.15, 0.2) is 0 Å². The lowest BCUT2D eigenvalue weighted by molar-refractivity contribution is 0.0708. The molecule has 0 bridgehead atoms. The van der Waals surface area contributed by atoms with Gasteiger partial charge in [-0.25, -0.2) is 0 Å². The van der Waals surface area contributed by atoms with Crippen molar-refractivity contribution in [3.05, 3.63) is 34.3 Å². The second kappa shape index (κ2) is 7.77. The minimum atomic E-state index is -0.00787. The van der Waals surface area contributed by atoms with E-state index in [1.165, 1.54) is 0 Å². The molecule has 0 heterocycles. The minimum Gasteiger partial charge on any atom is -0.383 e. The Morgan fingerprint density at radius 2 is 2.17 bits per heavy atom. The van der Waals surface area contributed by atoms with Crippen molar-refractivity contribution >= 4 is 33.4 Å². The predicted molar refractivity (Wildman–Crippen MR) is 77.8 cm³/mol. The Morgan fingerprint density at radius 1 is 1.44 bits per heavy atom. The SMILES string of the molecule is COCCN(CCBr)C(=O)c1cccc(Cl)c1C. The van der Waals surface area contributed by atoms with E-state index in [1.807, 2.05) is 6.92 Å². The maximum Gasteiger partial charge on any atom is 0.254 e. The van der Waals surface area contributed by atoms with Crippen LogP contribution in [0, 0.1) is 6.92 Å². The van der Waals surface area contributed by atoms with Gasteiger partial charge in [0.05, 0.1) is 6.61 Å². The molecule has 0 unspecified atom stereocenters. The lowest BCUT2D eigenvalue weighted by Crippen LogP contribution is -2.35. The molecule has 1 rings (SSSR count). The highest BCUT2D eigenvalue weighted by molar-refractivity contribution is 9.09. The number of hydrogen-bond acceptors (Lipinski definition) is 2. The maximum atomic E-state index is 12.4. The quantitative estimate of drug-likeness (QED) is 0.748. The van der Waals surface area contributed by atoms with Gasteiger partial charge in [0.2, 0.25) is 0 Å². The smallest absolute Gasteiger partial charge is 0.254 e. The van der Waals surface area contributed by atoms with Crippen LogP contribution in [-0.4, -0.2) is 42.9 Å². The zero-order chi connectivity index (χ0) is 13.5. The number of rotatable bonds is 6. The van der Waals surface area contributed by atoms with Gasteiger partial charge in [-0.3, -0.25) is 4.79 Å². The molecule has 5 heteroatoms. The normalized spacial score (nSPS) is 10.4. The van der Waals surface area contributed by atoms with Crippen LogP contribution in [0.15, 0.2) is 18.2 Å². The van der Waals surface area contributed by atoms with Crippen molar-refractivity contribution in [3.8, 4) is 0 Å². The molecule has 0 saturated carbocycles. The topological polar surface area (TPSA) is 29.5 Å². The Balaban J connectivity index is 2.90. The number of methoxy groups -OCH3 is 1. The van der Waals surface area contributed by atoms with Crippen molar-refractivity contribution in [2.24, 2.45) is 0 Å². The van der Waals surface area contributed by atoms with E-state index < -0.39 is 0 Å². The van der Waals surface area contributed by atoms with Crippen molar-refractivity contribution in [2.75, 3.05) is 32.1 Å². The van der Waals surface area contributed by atoms with Crippen LogP contribution in [0.4, 0.5) is 0 Å². The predicted octanol–water partition coefficient (Wildman–Crippen LogP) is 3.13. The summed E-state index contributed by atoms with van der Waals surface area (Å²) in [5.41, 5.74) is 1.47. The average Bonchev–Trinajstić information content (AvgIpc) is 2.37. The van der Waals surface area contributed by atoms with Gasteiger partial charge in [0.25, 0.3) is 5.91 Å². The molecule has 0 aliphatic rings. The van der Waals surface area contributed by atoms with Gasteiger partial charge in [-0.15, -0.1) is 0 Å². The van der Waals surface area contributed by atoms with Crippen LogP contribution in [0.5, 0.6) is 0 Å². The summed E-state index contributed by atoms with van der Waals surface area (Å²) in [4.78, 5) is 14.2. The van der Waals surface area contributed by atoms with Crippen molar-refractivity contribution in [2.45, 2.75) is 6.92 Å². The summed E-state index contributed by atoms with van der Waals surface area (Å²) < 4.78 is 5.02. The molecule has 0 N–H and O–H groups in total. The Kier molecular flexibility index (Phi) is 6.68. The van der Waals surface area contributed by atoms with E-state index in [9.17, 15) is 4.79 Å². The fraction of sp³-hybridized carbons (Fsp3) is 0.462. The largest absolute Gasteiger partial charge is 0.383 e. The van der Waals surface area contributed by atoms with Crippen molar-refractivity contribution < 1.29 is 9.53 Å². The zero-order valence-corrected chi connectivity index (χ0v) is 12.9. The van der Waals surface area contributed by atoms with E-state index >= 15 is 0 Å². The monoisotopic (exact) mass is 333 g/mol. The van der Waals surface area contributed by atoms with E-state index in [4.69, 9.17) is 16.3 Å². The molecule has 0 saturated heterocycles. The Labute approximate surface area is 121 Å². The number of ether oxygens (including phenoxy) is 1. The molecule has 1 amide bonds. The van der Waals surface area contributed by atoms with Crippen molar-refractivity contribution in [1.82, 2.24) is 4.90 Å². The first-order valence-corrected chi connectivity index (χ1v) is 7.21. The molecular weight excluding hydrogens is 318 g/mol. The van der Waals surface area contributed by atoms with E-state index in [0.717, 1.165) is 10.9 Å². The van der Waals surface area contributed by atoms with Crippen LogP contribution in [0.3, 0.4) is 0 Å². The van der Waals surface area contributed by atoms with E-state index in [2.05, 4.69) is 15.9 Å². The lowest BCUT2D eigenvalue weighted by Gasteiger charge is -2.22. The summed E-state index contributed by atoms with van der Waals surface area (Å²) >= 11 is 9.39. The number of hydrogen-bond donors (Lipinski definition) is 0. The highest BCUT2D eigenvalue weighted by Crippen LogP contribution is 2.20. The van der Waals surface area contributed by atoms with Crippen molar-refractivity contribution in [1.29, 1.82) is 0 Å². The lowest BCUT2D eigenvalue weighted by atomic mass is 10.1. The first-order chi connectivity index (χ1) is 8.61. The summed E-state index contributed by atoms with van der Waals surface area (Å²) in [6, 6.07) is 5.39. The summed E-state index contributed by atoms with van der Waals surface area (Å²) in [5, 5.41) is 1.36. The van der Waals surface area contributed by atoms with Crippen LogP contribution < -0.4 is 0 Å². The molecule has 0 radical (unpaired) electrons. The summed E-state index contributed by atoms with van der Waals surface area (Å²) in [6.45, 7) is 3.61. The molecule has 3 nitrogen and oxygen atoms in total. The molecule has 0 aliphatic heterocycles. The molecular formula is C13H17BrClNO2. The zero-order valence-electron chi connectivity index (χ0n) is 10.6. The molecule has 0 aromatic heterocycles. The number of benzene rings is 1. The highest BCUT2D eigenvalue weighted by Gasteiger charge is 2.17. The van der Waals surface area contributed by atoms with Gasteiger partial charge in [0.1, 0.15) is 0 Å². The molecule has 0 aliphatic carbocycles. The Bertz CT molecular complexity index is 412. The van der Waals surface area contributed by atoms with E-state index in [-0.39, 0.29) is 5.91 Å². The fourth-order valence-electron chi connectivity index (χ4n) is 1.63. The molecule has 0 fully saturated rings. The number of amides is 1. The van der Waals surface area contributed by atoms with Crippen LogP contribution in [0.1, 0.15) is 15.9 Å². The van der Waals surface area contributed by atoms with Crippen LogP contribution in [-0.2, 0) is 4.74 Å². The number of halogens is 2. The third-order valence-electron chi connectivity index (χ3n) is 2.71. The van der Waals surface area contributed by atoms with Gasteiger partial charge >= 0.3 is 0 Å². The number of alkyl halides is 1. The first-order valence-electron chi connectivity index (χ1n) is 5.71. The number of carbonyl (C=O) groups is 1. The second-order valence-electron chi connectivity index (χ2n) is 3.89. The molecule has 0 atom stereocenters. The van der Waals surface area contributed by atoms with Gasteiger partial charge < -0.3 is 9.64 Å². The molecule has 1 aromatic carbocycles. The molecule has 18 heavy (non-hydrogen) atoms. The third kappa shape index (κ3) is 3.97. The van der Waals surface area contributed by atoms with Crippen molar-refractivity contribution in [3.63, 3.8) is 0 Å². The minimum absolute atomic E-state index is 0.00787. The van der Waals surface area contributed by atoms with Crippen LogP contribution >= 0.6 is 27.5 Å². The molecule has 1 aromatic rings. The highest BCUT2D eigenvalue weighted by atomic mass is 79.9. The van der Waals surface area contributed by atoms with Gasteiger partial charge in [-0.1, -0.05) is 33.6 Å². The average molecular weight is 335 g/mol. The maximum absolute atomic E-state index is 12.4. The summed E-state index contributed by atoms with van der Waals surface area (Å²) in [6.07, 6.45) is 0. The third-order valence-corrected chi connectivity index (χ3v) is 3.47. The first kappa shape index (κ1) is 15.5. The number of nitrogens with zero attached hydrogens (tertiary/aromatic N) is 1. The van der Waals surface area contributed by atoms with Gasteiger partial charge in [0, 0.05) is 36.1 Å². The summed E-state index contributed by atoms with van der Waals surface area (Å²) in [7, 11) is 1.63. The molecule has 100 valence electrons. The van der Waals surface area contributed by atoms with E-state index in [1.54, 1.807) is 30.2 Å². The number of carbonyl (C=O) groups excluding carboxylic acids is 1. The van der Waals surface area contributed by atoms with Crippen LogP contribution in [0.2, 0.25) is 5.02 Å². The van der Waals surface area contributed by atoms with Crippen LogP contribution in [0.25, 0.3) is 0 Å². The Hall–Kier alpha value is -0.580. The standard InChI is InChI=1S/C13H17BrClNO2/c1-10-11(4-3-5-12(10)15)13(17)16(7-6-14)8-9-18-2/h3-5H,6-9H2,1-2H3. The second-order valence-corrected chi connectivity index (χ2v) is 5.09. The van der Waals surface area contributed by atoms with E-state index in [0.29, 0.717) is 30.3 Å². The molecule has 0 spiro atoms.